The van der Waals surface area contributed by atoms with Crippen LogP contribution in [-0.4, -0.2) is 26.3 Å². The van der Waals surface area contributed by atoms with Gasteiger partial charge in [0.2, 0.25) is 0 Å². The summed E-state index contributed by atoms with van der Waals surface area (Å²) in [6, 6.07) is 3.88. The zero-order chi connectivity index (χ0) is 11.3. The minimum absolute atomic E-state index is 0.173. The van der Waals surface area contributed by atoms with Crippen LogP contribution in [0, 0.1) is 0 Å². The summed E-state index contributed by atoms with van der Waals surface area (Å²) >= 11 is 0. The Labute approximate surface area is 90.4 Å². The van der Waals surface area contributed by atoms with Crippen molar-refractivity contribution in [3.63, 3.8) is 0 Å². The van der Waals surface area contributed by atoms with Gasteiger partial charge in [-0.05, 0) is 24.5 Å². The van der Waals surface area contributed by atoms with E-state index in [1.54, 1.807) is 6.20 Å². The molecule has 0 radical (unpaired) electrons. The predicted octanol–water partition coefficient (Wildman–Crippen LogP) is 1.16. The quantitative estimate of drug-likeness (QED) is 0.711. The third-order valence-electron chi connectivity index (χ3n) is 1.94. The smallest absolute Gasteiger partial charge is 0.264 e. The molecule has 4 nitrogen and oxygen atoms in total. The Bertz CT molecular complexity index is 397. The van der Waals surface area contributed by atoms with E-state index in [1.807, 2.05) is 19.1 Å². The van der Waals surface area contributed by atoms with Gasteiger partial charge in [-0.3, -0.25) is 9.17 Å². The van der Waals surface area contributed by atoms with Crippen LogP contribution in [-0.2, 0) is 27.1 Å². The molecule has 0 aromatic carbocycles. The number of rotatable bonds is 5. The first-order valence-corrected chi connectivity index (χ1v) is 6.61. The van der Waals surface area contributed by atoms with Crippen LogP contribution in [0.4, 0.5) is 0 Å². The first-order valence-electron chi connectivity index (χ1n) is 4.79. The maximum Gasteiger partial charge on any atom is 0.264 e. The number of aromatic nitrogens is 1. The lowest BCUT2D eigenvalue weighted by Crippen LogP contribution is -2.06. The summed E-state index contributed by atoms with van der Waals surface area (Å²) in [5.74, 6) is 0. The number of nitrogens with zero attached hydrogens (tertiary/aromatic N) is 1. The van der Waals surface area contributed by atoms with Gasteiger partial charge in [0, 0.05) is 11.9 Å². The molecule has 0 fully saturated rings. The third kappa shape index (κ3) is 4.90. The summed E-state index contributed by atoms with van der Waals surface area (Å²) in [5, 5.41) is 0. The molecule has 0 bridgehead atoms. The molecule has 0 saturated carbocycles. The van der Waals surface area contributed by atoms with E-state index in [1.165, 1.54) is 0 Å². The standard InChI is InChI=1S/C10H15NO3S/c1-3-10-5-4-9(8-11-10)6-7-14-15(2,12)13/h4-5,8H,3,6-7H2,1-2H3. The van der Waals surface area contributed by atoms with Crippen molar-refractivity contribution in [1.82, 2.24) is 4.98 Å². The minimum atomic E-state index is -3.33. The Hall–Kier alpha value is -0.940. The van der Waals surface area contributed by atoms with Crippen molar-refractivity contribution in [3.05, 3.63) is 29.6 Å². The number of pyridine rings is 1. The average molecular weight is 229 g/mol. The highest BCUT2D eigenvalue weighted by Crippen LogP contribution is 2.02. The monoisotopic (exact) mass is 229 g/mol. The molecule has 1 aromatic rings. The van der Waals surface area contributed by atoms with Crippen molar-refractivity contribution in [2.75, 3.05) is 12.9 Å². The average Bonchev–Trinajstić information content (AvgIpc) is 2.17. The molecule has 15 heavy (non-hydrogen) atoms. The fourth-order valence-electron chi connectivity index (χ4n) is 1.12. The van der Waals surface area contributed by atoms with Crippen molar-refractivity contribution in [1.29, 1.82) is 0 Å². The lowest BCUT2D eigenvalue weighted by molar-refractivity contribution is 0.326. The summed E-state index contributed by atoms with van der Waals surface area (Å²) in [5.41, 5.74) is 2.01. The second kappa shape index (κ2) is 5.23. The summed E-state index contributed by atoms with van der Waals surface area (Å²) in [7, 11) is -3.33. The molecule has 0 unspecified atom stereocenters. The fraction of sp³-hybridized carbons (Fsp3) is 0.500. The number of aryl methyl sites for hydroxylation is 1. The highest BCUT2D eigenvalue weighted by Gasteiger charge is 2.01. The van der Waals surface area contributed by atoms with Gasteiger partial charge in [-0.1, -0.05) is 13.0 Å². The van der Waals surface area contributed by atoms with Crippen molar-refractivity contribution in [2.45, 2.75) is 19.8 Å². The minimum Gasteiger partial charge on any atom is -0.270 e. The highest BCUT2D eigenvalue weighted by atomic mass is 32.2. The Morgan fingerprint density at radius 3 is 2.60 bits per heavy atom. The largest absolute Gasteiger partial charge is 0.270 e. The Morgan fingerprint density at radius 1 is 1.40 bits per heavy atom. The molecule has 0 aliphatic heterocycles. The SMILES string of the molecule is CCc1ccc(CCOS(C)(=O)=O)cn1. The number of hydrogen-bond donors (Lipinski definition) is 0. The molecule has 1 aromatic heterocycles. The molecular formula is C10H15NO3S. The summed E-state index contributed by atoms with van der Waals surface area (Å²) < 4.78 is 26.0. The first kappa shape index (κ1) is 12.1. The lowest BCUT2D eigenvalue weighted by atomic mass is 10.2. The van der Waals surface area contributed by atoms with Crippen LogP contribution in [0.2, 0.25) is 0 Å². The van der Waals surface area contributed by atoms with Crippen LogP contribution in [0.25, 0.3) is 0 Å². The van der Waals surface area contributed by atoms with Crippen LogP contribution in [0.5, 0.6) is 0 Å². The Balaban J connectivity index is 2.45. The molecule has 0 atom stereocenters. The van der Waals surface area contributed by atoms with E-state index in [2.05, 4.69) is 9.17 Å². The van der Waals surface area contributed by atoms with Gasteiger partial charge >= 0.3 is 0 Å². The van der Waals surface area contributed by atoms with Crippen molar-refractivity contribution in [3.8, 4) is 0 Å². The van der Waals surface area contributed by atoms with Crippen molar-refractivity contribution < 1.29 is 12.6 Å². The normalized spacial score (nSPS) is 11.6. The molecule has 1 heterocycles. The van der Waals surface area contributed by atoms with E-state index in [9.17, 15) is 8.42 Å². The number of hydrogen-bond acceptors (Lipinski definition) is 4. The van der Waals surface area contributed by atoms with Crippen LogP contribution < -0.4 is 0 Å². The lowest BCUT2D eigenvalue weighted by Gasteiger charge is -2.02. The predicted molar refractivity (Wildman–Crippen MR) is 58.1 cm³/mol. The maximum absolute atomic E-state index is 10.7. The molecule has 84 valence electrons. The molecule has 1 rings (SSSR count). The van der Waals surface area contributed by atoms with Gasteiger partial charge in [0.15, 0.2) is 0 Å². The van der Waals surface area contributed by atoms with Crippen molar-refractivity contribution in [2.24, 2.45) is 0 Å². The maximum atomic E-state index is 10.7. The molecular weight excluding hydrogens is 214 g/mol. The molecule has 5 heteroatoms. The molecule has 0 amide bonds. The van der Waals surface area contributed by atoms with Crippen LogP contribution in [0.15, 0.2) is 18.3 Å². The van der Waals surface area contributed by atoms with E-state index >= 15 is 0 Å². The van der Waals surface area contributed by atoms with E-state index in [-0.39, 0.29) is 6.61 Å². The van der Waals surface area contributed by atoms with Gasteiger partial charge in [-0.15, -0.1) is 0 Å². The second-order valence-electron chi connectivity index (χ2n) is 3.29. The van der Waals surface area contributed by atoms with Crippen molar-refractivity contribution >= 4 is 10.1 Å². The van der Waals surface area contributed by atoms with E-state index in [0.29, 0.717) is 6.42 Å². The summed E-state index contributed by atoms with van der Waals surface area (Å²) in [6.07, 6.45) is 4.26. The summed E-state index contributed by atoms with van der Waals surface area (Å²) in [4.78, 5) is 4.21. The Morgan fingerprint density at radius 2 is 2.13 bits per heavy atom. The molecule has 0 N–H and O–H groups in total. The fourth-order valence-corrected chi connectivity index (χ4v) is 1.51. The highest BCUT2D eigenvalue weighted by molar-refractivity contribution is 7.85. The van der Waals surface area contributed by atoms with Crippen LogP contribution in [0.3, 0.4) is 0 Å². The van der Waals surface area contributed by atoms with Crippen LogP contribution in [0.1, 0.15) is 18.2 Å². The van der Waals surface area contributed by atoms with E-state index < -0.39 is 10.1 Å². The molecule has 0 saturated heterocycles. The summed E-state index contributed by atoms with van der Waals surface area (Å²) in [6.45, 7) is 2.21. The van der Waals surface area contributed by atoms with Gasteiger partial charge in [0.1, 0.15) is 0 Å². The van der Waals surface area contributed by atoms with Crippen LogP contribution >= 0.6 is 0 Å². The van der Waals surface area contributed by atoms with Gasteiger partial charge in [-0.2, -0.15) is 8.42 Å². The van der Waals surface area contributed by atoms with E-state index in [4.69, 9.17) is 0 Å². The first-order chi connectivity index (χ1) is 7.01. The van der Waals surface area contributed by atoms with Gasteiger partial charge < -0.3 is 0 Å². The second-order valence-corrected chi connectivity index (χ2v) is 4.93. The molecule has 0 aliphatic carbocycles. The zero-order valence-corrected chi connectivity index (χ0v) is 9.75. The zero-order valence-electron chi connectivity index (χ0n) is 8.93. The van der Waals surface area contributed by atoms with Gasteiger partial charge in [0.05, 0.1) is 12.9 Å². The van der Waals surface area contributed by atoms with Gasteiger partial charge in [0.25, 0.3) is 10.1 Å². The van der Waals surface area contributed by atoms with E-state index in [0.717, 1.165) is 23.9 Å². The van der Waals surface area contributed by atoms with Gasteiger partial charge in [-0.25, -0.2) is 0 Å². The third-order valence-corrected chi connectivity index (χ3v) is 2.53. The topological polar surface area (TPSA) is 56.3 Å². The molecule has 0 aliphatic rings. The Kier molecular flexibility index (Phi) is 4.23. The molecule has 0 spiro atoms.